The highest BCUT2D eigenvalue weighted by Gasteiger charge is 2.08. The van der Waals surface area contributed by atoms with Crippen LogP contribution in [-0.4, -0.2) is 22.2 Å². The normalized spacial score (nSPS) is 9.95. The van der Waals surface area contributed by atoms with E-state index in [1.54, 1.807) is 48.5 Å². The van der Waals surface area contributed by atoms with Gasteiger partial charge in [-0.3, -0.25) is 0 Å². The molecule has 0 atom stereocenters. The van der Waals surface area contributed by atoms with Crippen LogP contribution in [0.15, 0.2) is 54.6 Å². The van der Waals surface area contributed by atoms with E-state index in [0.717, 1.165) is 16.7 Å². The lowest BCUT2D eigenvalue weighted by molar-refractivity contribution is 0.0686. The minimum absolute atomic E-state index is 0.232. The summed E-state index contributed by atoms with van der Waals surface area (Å²) in [5.74, 6) is -1.93. The van der Waals surface area contributed by atoms with Gasteiger partial charge in [0.25, 0.3) is 0 Å². The van der Waals surface area contributed by atoms with E-state index in [2.05, 4.69) is 0 Å². The lowest BCUT2D eigenvalue weighted by Crippen LogP contribution is -1.97. The number of hydrogen-bond donors (Lipinski definition) is 2. The van der Waals surface area contributed by atoms with Gasteiger partial charge in [0.15, 0.2) is 0 Å². The summed E-state index contributed by atoms with van der Waals surface area (Å²) in [6.07, 6.45) is 1.91. The maximum Gasteiger partial charge on any atom is 0.335 e. The SMILES string of the molecule is CC=C(c1ccc(C(=O)O)cc1)c1ccc(C(=O)O)cc1. The van der Waals surface area contributed by atoms with E-state index in [0.29, 0.717) is 0 Å². The molecule has 2 aromatic carbocycles. The molecule has 0 heterocycles. The van der Waals surface area contributed by atoms with Gasteiger partial charge in [-0.15, -0.1) is 0 Å². The van der Waals surface area contributed by atoms with Crippen molar-refractivity contribution in [1.29, 1.82) is 0 Å². The second-order valence-electron chi connectivity index (χ2n) is 4.47. The summed E-state index contributed by atoms with van der Waals surface area (Å²) < 4.78 is 0. The Morgan fingerprint density at radius 2 is 1.00 bits per heavy atom. The third kappa shape index (κ3) is 3.17. The van der Waals surface area contributed by atoms with Gasteiger partial charge in [-0.1, -0.05) is 30.3 Å². The fourth-order valence-electron chi connectivity index (χ4n) is 2.08. The first kappa shape index (κ1) is 14.5. The van der Waals surface area contributed by atoms with Crippen molar-refractivity contribution in [1.82, 2.24) is 0 Å². The Morgan fingerprint density at radius 3 is 1.24 bits per heavy atom. The molecular weight excluding hydrogens is 268 g/mol. The molecule has 0 amide bonds. The van der Waals surface area contributed by atoms with Crippen LogP contribution in [0, 0.1) is 0 Å². The van der Waals surface area contributed by atoms with Crippen molar-refractivity contribution in [3.63, 3.8) is 0 Å². The summed E-state index contributed by atoms with van der Waals surface area (Å²) in [5.41, 5.74) is 3.14. The first-order valence-corrected chi connectivity index (χ1v) is 6.36. The predicted octanol–water partition coefficient (Wildman–Crippen LogP) is 3.53. The summed E-state index contributed by atoms with van der Waals surface area (Å²) in [5, 5.41) is 17.8. The molecule has 0 radical (unpaired) electrons. The fraction of sp³-hybridized carbons (Fsp3) is 0.0588. The molecule has 0 saturated carbocycles. The third-order valence-electron chi connectivity index (χ3n) is 3.17. The third-order valence-corrected chi connectivity index (χ3v) is 3.17. The zero-order valence-electron chi connectivity index (χ0n) is 11.4. The van der Waals surface area contributed by atoms with Gasteiger partial charge in [0, 0.05) is 0 Å². The van der Waals surface area contributed by atoms with Gasteiger partial charge in [0.05, 0.1) is 11.1 Å². The molecule has 0 fully saturated rings. The molecular formula is C17H14O4. The maximum absolute atomic E-state index is 10.9. The van der Waals surface area contributed by atoms with E-state index < -0.39 is 11.9 Å². The molecule has 0 aliphatic carbocycles. The number of aromatic carboxylic acids is 2. The molecule has 2 aromatic rings. The number of hydrogen-bond acceptors (Lipinski definition) is 2. The minimum atomic E-state index is -0.964. The largest absolute Gasteiger partial charge is 0.478 e. The average Bonchev–Trinajstić information content (AvgIpc) is 2.49. The standard InChI is InChI=1S/C17H14O4/c1-2-15(11-3-7-13(8-4-11)16(18)19)12-5-9-14(10-6-12)17(20)21/h2-10H,1H3,(H,18,19)(H,20,21). The Balaban J connectivity index is 2.35. The van der Waals surface area contributed by atoms with Crippen LogP contribution in [0.2, 0.25) is 0 Å². The first-order chi connectivity index (χ1) is 10.0. The Morgan fingerprint density at radius 1 is 0.714 bits per heavy atom. The monoisotopic (exact) mass is 282 g/mol. The van der Waals surface area contributed by atoms with Crippen molar-refractivity contribution in [2.45, 2.75) is 6.92 Å². The Kier molecular flexibility index (Phi) is 4.18. The van der Waals surface area contributed by atoms with Crippen LogP contribution in [0.4, 0.5) is 0 Å². The molecule has 0 bridgehead atoms. The molecule has 21 heavy (non-hydrogen) atoms. The van der Waals surface area contributed by atoms with Crippen molar-refractivity contribution in [2.24, 2.45) is 0 Å². The Hall–Kier alpha value is -2.88. The molecule has 4 nitrogen and oxygen atoms in total. The van der Waals surface area contributed by atoms with E-state index in [1.807, 2.05) is 13.0 Å². The van der Waals surface area contributed by atoms with Gasteiger partial charge in [0.1, 0.15) is 0 Å². The summed E-state index contributed by atoms with van der Waals surface area (Å²) in [6.45, 7) is 1.88. The van der Waals surface area contributed by atoms with Crippen molar-refractivity contribution < 1.29 is 19.8 Å². The summed E-state index contributed by atoms with van der Waals surface area (Å²) in [4.78, 5) is 21.7. The molecule has 0 aliphatic heterocycles. The lowest BCUT2D eigenvalue weighted by atomic mass is 9.96. The average molecular weight is 282 g/mol. The van der Waals surface area contributed by atoms with Crippen LogP contribution < -0.4 is 0 Å². The number of rotatable bonds is 4. The van der Waals surface area contributed by atoms with Gasteiger partial charge < -0.3 is 10.2 Å². The molecule has 0 saturated heterocycles. The summed E-state index contributed by atoms with van der Waals surface area (Å²) in [7, 11) is 0. The molecule has 106 valence electrons. The molecule has 0 spiro atoms. The highest BCUT2D eigenvalue weighted by atomic mass is 16.4. The number of allylic oxidation sites excluding steroid dienone is 1. The Labute approximate surface area is 122 Å². The number of carboxylic acids is 2. The van der Waals surface area contributed by atoms with E-state index in [4.69, 9.17) is 10.2 Å². The smallest absolute Gasteiger partial charge is 0.335 e. The van der Waals surface area contributed by atoms with E-state index in [9.17, 15) is 9.59 Å². The quantitative estimate of drug-likeness (QED) is 0.899. The highest BCUT2D eigenvalue weighted by Crippen LogP contribution is 2.24. The second kappa shape index (κ2) is 6.05. The van der Waals surface area contributed by atoms with Crippen LogP contribution in [0.1, 0.15) is 38.8 Å². The van der Waals surface area contributed by atoms with Crippen LogP contribution in [-0.2, 0) is 0 Å². The van der Waals surface area contributed by atoms with E-state index in [-0.39, 0.29) is 11.1 Å². The Bertz CT molecular complexity index is 635. The topological polar surface area (TPSA) is 74.6 Å². The van der Waals surface area contributed by atoms with Crippen molar-refractivity contribution in [3.05, 3.63) is 76.9 Å². The zero-order chi connectivity index (χ0) is 15.4. The van der Waals surface area contributed by atoms with Gasteiger partial charge in [-0.2, -0.15) is 0 Å². The molecule has 0 aliphatic rings. The van der Waals surface area contributed by atoms with Crippen molar-refractivity contribution >= 4 is 17.5 Å². The minimum Gasteiger partial charge on any atom is -0.478 e. The van der Waals surface area contributed by atoms with Crippen LogP contribution in [0.25, 0.3) is 5.57 Å². The lowest BCUT2D eigenvalue weighted by Gasteiger charge is -2.08. The maximum atomic E-state index is 10.9. The second-order valence-corrected chi connectivity index (χ2v) is 4.47. The molecule has 2 rings (SSSR count). The summed E-state index contributed by atoms with van der Waals surface area (Å²) >= 11 is 0. The van der Waals surface area contributed by atoms with E-state index >= 15 is 0 Å². The van der Waals surface area contributed by atoms with Gasteiger partial charge >= 0.3 is 11.9 Å². The number of carboxylic acid groups (broad SMARTS) is 2. The van der Waals surface area contributed by atoms with Crippen molar-refractivity contribution in [2.75, 3.05) is 0 Å². The van der Waals surface area contributed by atoms with Gasteiger partial charge in [-0.05, 0) is 47.9 Å². The van der Waals surface area contributed by atoms with Gasteiger partial charge in [-0.25, -0.2) is 9.59 Å². The number of benzene rings is 2. The van der Waals surface area contributed by atoms with Crippen molar-refractivity contribution in [3.8, 4) is 0 Å². The summed E-state index contributed by atoms with van der Waals surface area (Å²) in [6, 6.07) is 13.2. The fourth-order valence-corrected chi connectivity index (χ4v) is 2.08. The van der Waals surface area contributed by atoms with Crippen LogP contribution in [0.3, 0.4) is 0 Å². The molecule has 2 N–H and O–H groups in total. The molecule has 0 aromatic heterocycles. The van der Waals surface area contributed by atoms with E-state index in [1.165, 1.54) is 0 Å². The highest BCUT2D eigenvalue weighted by molar-refractivity contribution is 5.90. The van der Waals surface area contributed by atoms with Crippen LogP contribution >= 0.6 is 0 Å². The number of carbonyl (C=O) groups is 2. The zero-order valence-corrected chi connectivity index (χ0v) is 11.4. The molecule has 0 unspecified atom stereocenters. The first-order valence-electron chi connectivity index (χ1n) is 6.36. The molecule has 4 heteroatoms. The van der Waals surface area contributed by atoms with Crippen LogP contribution in [0.5, 0.6) is 0 Å². The van der Waals surface area contributed by atoms with Gasteiger partial charge in [0.2, 0.25) is 0 Å². The predicted molar refractivity (Wildman–Crippen MR) is 79.6 cm³/mol.